The summed E-state index contributed by atoms with van der Waals surface area (Å²) in [5.41, 5.74) is 0.367. The molecule has 1 unspecified atom stereocenters. The number of ether oxygens (including phenoxy) is 1. The van der Waals surface area contributed by atoms with Crippen LogP contribution >= 0.6 is 0 Å². The second-order valence-corrected chi connectivity index (χ2v) is 6.97. The zero-order valence-electron chi connectivity index (χ0n) is 13.5. The molecule has 5 nitrogen and oxygen atoms in total. The molecule has 2 N–H and O–H groups in total. The molecule has 0 saturated carbocycles. The number of benzene rings is 1. The number of aromatic carboxylic acids is 1. The molecule has 1 atom stereocenters. The van der Waals surface area contributed by atoms with Crippen molar-refractivity contribution >= 4 is 11.9 Å². The number of carboxylic acids is 1. The van der Waals surface area contributed by atoms with E-state index in [2.05, 4.69) is 5.32 Å². The molecule has 0 bridgehead atoms. The van der Waals surface area contributed by atoms with E-state index in [1.54, 1.807) is 12.1 Å². The van der Waals surface area contributed by atoms with Gasteiger partial charge < -0.3 is 15.2 Å². The van der Waals surface area contributed by atoms with Crippen LogP contribution in [0.15, 0.2) is 24.3 Å². The van der Waals surface area contributed by atoms with Gasteiger partial charge in [0.25, 0.3) is 0 Å². The first-order chi connectivity index (χ1) is 10.1. The topological polar surface area (TPSA) is 75.6 Å². The molecule has 1 saturated heterocycles. The molecular formula is C17H23NO4. The van der Waals surface area contributed by atoms with E-state index in [0.29, 0.717) is 0 Å². The van der Waals surface area contributed by atoms with Gasteiger partial charge in [0, 0.05) is 0 Å². The Hall–Kier alpha value is -1.88. The zero-order valence-corrected chi connectivity index (χ0v) is 13.5. The maximum absolute atomic E-state index is 12.2. The van der Waals surface area contributed by atoms with Gasteiger partial charge in [-0.2, -0.15) is 0 Å². The Morgan fingerprint density at radius 1 is 1.23 bits per heavy atom. The van der Waals surface area contributed by atoms with Crippen molar-refractivity contribution in [3.8, 4) is 0 Å². The number of carbonyl (C=O) groups is 2. The molecule has 5 heteroatoms. The lowest BCUT2D eigenvalue weighted by molar-refractivity contribution is -0.123. The first-order valence-electron chi connectivity index (χ1n) is 7.41. The highest BCUT2D eigenvalue weighted by Crippen LogP contribution is 2.37. The van der Waals surface area contributed by atoms with E-state index in [-0.39, 0.29) is 29.5 Å². The first-order valence-corrected chi connectivity index (χ1v) is 7.41. The van der Waals surface area contributed by atoms with Crippen molar-refractivity contribution in [2.75, 3.05) is 0 Å². The third-order valence-corrected chi connectivity index (χ3v) is 3.98. The van der Waals surface area contributed by atoms with Crippen molar-refractivity contribution in [2.45, 2.75) is 57.8 Å². The number of carboxylic acid groups (broad SMARTS) is 1. The molecule has 1 aliphatic heterocycles. The SMILES string of the molecule is CC1(C)CC(NC(=O)Cc2ccc(C(=O)O)cc2)C(C)(C)O1. The fraction of sp³-hybridized carbons (Fsp3) is 0.529. The van der Waals surface area contributed by atoms with Gasteiger partial charge in [-0.3, -0.25) is 4.79 Å². The highest BCUT2D eigenvalue weighted by atomic mass is 16.5. The third-order valence-electron chi connectivity index (χ3n) is 3.98. The van der Waals surface area contributed by atoms with Crippen LogP contribution in [0, 0.1) is 0 Å². The van der Waals surface area contributed by atoms with Crippen LogP contribution in [0.25, 0.3) is 0 Å². The first kappa shape index (κ1) is 16.5. The number of nitrogens with one attached hydrogen (secondary N) is 1. The molecule has 0 radical (unpaired) electrons. The fourth-order valence-corrected chi connectivity index (χ4v) is 2.98. The van der Waals surface area contributed by atoms with Gasteiger partial charge in [-0.1, -0.05) is 12.1 Å². The van der Waals surface area contributed by atoms with Crippen molar-refractivity contribution in [3.63, 3.8) is 0 Å². The molecule has 120 valence electrons. The van der Waals surface area contributed by atoms with E-state index >= 15 is 0 Å². The molecule has 1 aromatic rings. The maximum atomic E-state index is 12.2. The van der Waals surface area contributed by atoms with E-state index in [9.17, 15) is 9.59 Å². The lowest BCUT2D eigenvalue weighted by atomic mass is 9.94. The number of carbonyl (C=O) groups excluding carboxylic acids is 1. The van der Waals surface area contributed by atoms with Crippen LogP contribution < -0.4 is 5.32 Å². The van der Waals surface area contributed by atoms with Crippen molar-refractivity contribution in [1.29, 1.82) is 0 Å². The maximum Gasteiger partial charge on any atom is 0.335 e. The predicted octanol–water partition coefficient (Wildman–Crippen LogP) is 2.39. The molecule has 0 spiro atoms. The Kier molecular flexibility index (Phi) is 4.29. The molecular weight excluding hydrogens is 282 g/mol. The van der Waals surface area contributed by atoms with E-state index in [0.717, 1.165) is 12.0 Å². The van der Waals surface area contributed by atoms with Crippen molar-refractivity contribution in [1.82, 2.24) is 5.32 Å². The fourth-order valence-electron chi connectivity index (χ4n) is 2.98. The highest BCUT2D eigenvalue weighted by molar-refractivity contribution is 5.87. The van der Waals surface area contributed by atoms with E-state index < -0.39 is 11.6 Å². The molecule has 1 amide bonds. The van der Waals surface area contributed by atoms with E-state index in [1.165, 1.54) is 12.1 Å². The van der Waals surface area contributed by atoms with Gasteiger partial charge in [-0.15, -0.1) is 0 Å². The number of hydrogen-bond donors (Lipinski definition) is 2. The normalized spacial score (nSPS) is 22.3. The van der Waals surface area contributed by atoms with Crippen molar-refractivity contribution in [2.24, 2.45) is 0 Å². The quantitative estimate of drug-likeness (QED) is 0.895. The Morgan fingerprint density at radius 3 is 2.27 bits per heavy atom. The van der Waals surface area contributed by atoms with Crippen LogP contribution in [-0.4, -0.2) is 34.2 Å². The van der Waals surface area contributed by atoms with Crippen LogP contribution in [0.1, 0.15) is 50.0 Å². The van der Waals surface area contributed by atoms with Gasteiger partial charge in [0.15, 0.2) is 0 Å². The van der Waals surface area contributed by atoms with Crippen molar-refractivity contribution in [3.05, 3.63) is 35.4 Å². The van der Waals surface area contributed by atoms with Crippen molar-refractivity contribution < 1.29 is 19.4 Å². The second-order valence-electron chi connectivity index (χ2n) is 6.97. The summed E-state index contributed by atoms with van der Waals surface area (Å²) in [7, 11) is 0. The standard InChI is InChI=1S/C17H23NO4/c1-16(2)10-13(17(3,4)22-16)18-14(19)9-11-5-7-12(8-6-11)15(20)21/h5-8,13H,9-10H2,1-4H3,(H,18,19)(H,20,21). The molecule has 0 aromatic heterocycles. The smallest absolute Gasteiger partial charge is 0.335 e. The van der Waals surface area contributed by atoms with Gasteiger partial charge in [0.1, 0.15) is 0 Å². The zero-order chi connectivity index (χ0) is 16.5. The number of hydrogen-bond acceptors (Lipinski definition) is 3. The van der Waals surface area contributed by atoms with Gasteiger partial charge in [-0.05, 0) is 51.8 Å². The average molecular weight is 305 g/mol. The lowest BCUT2D eigenvalue weighted by Gasteiger charge is -2.27. The van der Waals surface area contributed by atoms with Crippen LogP contribution in [0.3, 0.4) is 0 Å². The number of amides is 1. The summed E-state index contributed by atoms with van der Waals surface area (Å²) in [6.45, 7) is 8.00. The summed E-state index contributed by atoms with van der Waals surface area (Å²) < 4.78 is 5.96. The largest absolute Gasteiger partial charge is 0.478 e. The summed E-state index contributed by atoms with van der Waals surface area (Å²) >= 11 is 0. The monoisotopic (exact) mass is 305 g/mol. The molecule has 0 aliphatic carbocycles. The summed E-state index contributed by atoms with van der Waals surface area (Å²) in [4.78, 5) is 23.0. The lowest BCUT2D eigenvalue weighted by Crippen LogP contribution is -2.46. The predicted molar refractivity (Wildman–Crippen MR) is 82.9 cm³/mol. The molecule has 22 heavy (non-hydrogen) atoms. The molecule has 1 fully saturated rings. The Bertz CT molecular complexity index is 575. The minimum atomic E-state index is -0.969. The summed E-state index contributed by atoms with van der Waals surface area (Å²) in [5.74, 6) is -1.05. The van der Waals surface area contributed by atoms with E-state index in [4.69, 9.17) is 9.84 Å². The Labute approximate surface area is 130 Å². The second kappa shape index (κ2) is 5.72. The molecule has 1 heterocycles. The Morgan fingerprint density at radius 2 is 1.82 bits per heavy atom. The minimum absolute atomic E-state index is 0.0340. The summed E-state index contributed by atoms with van der Waals surface area (Å²) in [5, 5.41) is 11.9. The Balaban J connectivity index is 1.97. The average Bonchev–Trinajstić information content (AvgIpc) is 2.57. The van der Waals surface area contributed by atoms with Gasteiger partial charge >= 0.3 is 5.97 Å². The number of rotatable bonds is 4. The summed E-state index contributed by atoms with van der Waals surface area (Å²) in [6.07, 6.45) is 0.997. The van der Waals surface area contributed by atoms with E-state index in [1.807, 2.05) is 27.7 Å². The van der Waals surface area contributed by atoms with Crippen LogP contribution in [0.2, 0.25) is 0 Å². The molecule has 1 aliphatic rings. The van der Waals surface area contributed by atoms with Crippen LogP contribution in [0.5, 0.6) is 0 Å². The van der Waals surface area contributed by atoms with Crippen LogP contribution in [0.4, 0.5) is 0 Å². The molecule has 2 rings (SSSR count). The summed E-state index contributed by atoms with van der Waals surface area (Å²) in [6, 6.07) is 6.33. The minimum Gasteiger partial charge on any atom is -0.478 e. The van der Waals surface area contributed by atoms with Crippen LogP contribution in [-0.2, 0) is 16.0 Å². The third kappa shape index (κ3) is 3.85. The van der Waals surface area contributed by atoms with Gasteiger partial charge in [0.05, 0.1) is 29.2 Å². The molecule has 1 aromatic carbocycles. The highest BCUT2D eigenvalue weighted by Gasteiger charge is 2.46. The van der Waals surface area contributed by atoms with Gasteiger partial charge in [0.2, 0.25) is 5.91 Å². The van der Waals surface area contributed by atoms with Gasteiger partial charge in [-0.25, -0.2) is 4.79 Å².